The number of amides is 1. The zero-order chi connectivity index (χ0) is 19.1. The number of hydrogen-bond donors (Lipinski definition) is 1. The van der Waals surface area contributed by atoms with Gasteiger partial charge in [-0.2, -0.15) is 0 Å². The fraction of sp³-hybridized carbons (Fsp3) is 0.409. The van der Waals surface area contributed by atoms with Gasteiger partial charge in [0.05, 0.1) is 32.5 Å². The lowest BCUT2D eigenvalue weighted by Gasteiger charge is -2.39. The quantitative estimate of drug-likeness (QED) is 0.886. The summed E-state index contributed by atoms with van der Waals surface area (Å²) in [5.74, 6) is 0. The zero-order valence-corrected chi connectivity index (χ0v) is 15.8. The van der Waals surface area contributed by atoms with Gasteiger partial charge in [-0.3, -0.25) is 4.90 Å². The maximum atomic E-state index is 11.3. The second kappa shape index (κ2) is 7.20. The highest BCUT2D eigenvalue weighted by Crippen LogP contribution is 2.34. The van der Waals surface area contributed by atoms with Gasteiger partial charge in [-0.15, -0.1) is 0 Å². The molecule has 28 heavy (non-hydrogen) atoms. The van der Waals surface area contributed by atoms with E-state index in [0.717, 1.165) is 13.1 Å². The van der Waals surface area contributed by atoms with E-state index in [1.54, 1.807) is 0 Å². The second-order valence-electron chi connectivity index (χ2n) is 7.75. The van der Waals surface area contributed by atoms with E-state index < -0.39 is 6.09 Å². The summed E-state index contributed by atoms with van der Waals surface area (Å²) in [6.07, 6.45) is -0.833. The van der Waals surface area contributed by atoms with Crippen molar-refractivity contribution in [2.75, 3.05) is 26.2 Å². The fourth-order valence-corrected chi connectivity index (χ4v) is 4.51. The van der Waals surface area contributed by atoms with Crippen molar-refractivity contribution in [2.45, 2.75) is 32.5 Å². The SMILES string of the molecule is O=C(O)N1CCN(C(c2ccc3c(c2)COC3)c2ccc3c(c2)COC3)CC1. The van der Waals surface area contributed by atoms with E-state index in [2.05, 4.69) is 41.3 Å². The zero-order valence-electron chi connectivity index (χ0n) is 15.8. The Hall–Kier alpha value is -2.41. The minimum absolute atomic E-state index is 0.104. The van der Waals surface area contributed by atoms with Gasteiger partial charge < -0.3 is 19.5 Å². The Kier molecular flexibility index (Phi) is 4.55. The van der Waals surface area contributed by atoms with Crippen LogP contribution in [-0.4, -0.2) is 47.2 Å². The number of carboxylic acid groups (broad SMARTS) is 1. The highest BCUT2D eigenvalue weighted by atomic mass is 16.5. The van der Waals surface area contributed by atoms with Gasteiger partial charge in [0.25, 0.3) is 0 Å². The molecule has 1 N–H and O–H groups in total. The van der Waals surface area contributed by atoms with Crippen LogP contribution in [0.3, 0.4) is 0 Å². The highest BCUT2D eigenvalue weighted by Gasteiger charge is 2.29. The molecule has 1 fully saturated rings. The molecule has 0 aliphatic carbocycles. The third-order valence-electron chi connectivity index (χ3n) is 6.07. The summed E-state index contributed by atoms with van der Waals surface area (Å²) < 4.78 is 11.2. The van der Waals surface area contributed by atoms with Crippen molar-refractivity contribution >= 4 is 6.09 Å². The van der Waals surface area contributed by atoms with Crippen LogP contribution in [0.2, 0.25) is 0 Å². The van der Waals surface area contributed by atoms with Gasteiger partial charge in [-0.1, -0.05) is 36.4 Å². The summed E-state index contributed by atoms with van der Waals surface area (Å²) in [5.41, 5.74) is 7.53. The van der Waals surface area contributed by atoms with E-state index in [0.29, 0.717) is 39.5 Å². The van der Waals surface area contributed by atoms with Crippen molar-refractivity contribution < 1.29 is 19.4 Å². The maximum Gasteiger partial charge on any atom is 0.407 e. The number of hydrogen-bond acceptors (Lipinski definition) is 4. The highest BCUT2D eigenvalue weighted by molar-refractivity contribution is 5.65. The molecule has 5 rings (SSSR count). The van der Waals surface area contributed by atoms with Crippen molar-refractivity contribution in [1.29, 1.82) is 0 Å². The standard InChI is InChI=1S/C22H24N2O4/c25-22(26)24-7-5-23(6-8-24)21(15-1-3-17-11-27-13-19(17)9-15)16-2-4-18-12-28-14-20(18)10-16/h1-4,9-10,21H,5-8,11-14H2,(H,25,26). The number of ether oxygens (including phenoxy) is 2. The number of piperazine rings is 1. The molecule has 146 valence electrons. The summed E-state index contributed by atoms with van der Waals surface area (Å²) in [6.45, 7) is 5.22. The molecule has 3 aliphatic rings. The minimum Gasteiger partial charge on any atom is -0.465 e. The molecule has 0 bridgehead atoms. The first kappa shape index (κ1) is 17.7. The summed E-state index contributed by atoms with van der Waals surface area (Å²) >= 11 is 0. The molecule has 0 radical (unpaired) electrons. The predicted molar refractivity (Wildman–Crippen MR) is 103 cm³/mol. The third-order valence-corrected chi connectivity index (χ3v) is 6.07. The number of fused-ring (bicyclic) bond motifs is 2. The Morgan fingerprint density at radius 1 is 0.786 bits per heavy atom. The minimum atomic E-state index is -0.833. The van der Waals surface area contributed by atoms with Crippen LogP contribution >= 0.6 is 0 Å². The van der Waals surface area contributed by atoms with Crippen LogP contribution < -0.4 is 0 Å². The smallest absolute Gasteiger partial charge is 0.407 e. The first-order valence-corrected chi connectivity index (χ1v) is 9.80. The Morgan fingerprint density at radius 2 is 1.29 bits per heavy atom. The first-order valence-electron chi connectivity index (χ1n) is 9.80. The van der Waals surface area contributed by atoms with Gasteiger partial charge >= 0.3 is 6.09 Å². The Labute approximate surface area is 164 Å². The summed E-state index contributed by atoms with van der Waals surface area (Å²) in [6, 6.07) is 13.4. The van der Waals surface area contributed by atoms with E-state index in [1.165, 1.54) is 38.3 Å². The third kappa shape index (κ3) is 3.17. The number of benzene rings is 2. The van der Waals surface area contributed by atoms with Crippen molar-refractivity contribution in [3.63, 3.8) is 0 Å². The van der Waals surface area contributed by atoms with E-state index in [1.807, 2.05) is 0 Å². The molecule has 2 aromatic carbocycles. The number of nitrogens with zero attached hydrogens (tertiary/aromatic N) is 2. The van der Waals surface area contributed by atoms with Gasteiger partial charge in [0, 0.05) is 26.2 Å². The molecular formula is C22H24N2O4. The van der Waals surface area contributed by atoms with Crippen LogP contribution in [0, 0.1) is 0 Å². The Morgan fingerprint density at radius 3 is 1.79 bits per heavy atom. The Balaban J connectivity index is 1.50. The van der Waals surface area contributed by atoms with Gasteiger partial charge in [0.15, 0.2) is 0 Å². The molecule has 0 atom stereocenters. The topological polar surface area (TPSA) is 62.2 Å². The normalized spacial score (nSPS) is 19.1. The lowest BCUT2D eigenvalue weighted by molar-refractivity contribution is 0.0931. The molecular weight excluding hydrogens is 356 g/mol. The average Bonchev–Trinajstić information content (AvgIpc) is 3.37. The number of rotatable bonds is 3. The van der Waals surface area contributed by atoms with E-state index in [9.17, 15) is 9.90 Å². The van der Waals surface area contributed by atoms with Gasteiger partial charge in [0.2, 0.25) is 0 Å². The van der Waals surface area contributed by atoms with E-state index in [-0.39, 0.29) is 6.04 Å². The lowest BCUT2D eigenvalue weighted by Crippen LogP contribution is -2.49. The molecule has 0 saturated carbocycles. The monoisotopic (exact) mass is 380 g/mol. The van der Waals surface area contributed by atoms with Gasteiger partial charge in [0.1, 0.15) is 0 Å². The van der Waals surface area contributed by atoms with E-state index in [4.69, 9.17) is 9.47 Å². The molecule has 1 saturated heterocycles. The fourth-order valence-electron chi connectivity index (χ4n) is 4.51. The summed E-state index contributed by atoms with van der Waals surface area (Å²) in [4.78, 5) is 15.2. The van der Waals surface area contributed by atoms with Crippen molar-refractivity contribution in [1.82, 2.24) is 9.80 Å². The average molecular weight is 380 g/mol. The molecule has 6 nitrogen and oxygen atoms in total. The first-order chi connectivity index (χ1) is 13.7. The van der Waals surface area contributed by atoms with Gasteiger partial charge in [-0.05, 0) is 33.4 Å². The van der Waals surface area contributed by atoms with Crippen molar-refractivity contribution in [3.05, 3.63) is 69.8 Å². The summed E-state index contributed by atoms with van der Waals surface area (Å²) in [5, 5.41) is 9.29. The van der Waals surface area contributed by atoms with E-state index >= 15 is 0 Å². The molecule has 0 spiro atoms. The maximum absolute atomic E-state index is 11.3. The second-order valence-corrected chi connectivity index (χ2v) is 7.75. The number of carbonyl (C=O) groups is 1. The molecule has 1 amide bonds. The molecule has 6 heteroatoms. The van der Waals surface area contributed by atoms with Crippen LogP contribution in [0.5, 0.6) is 0 Å². The van der Waals surface area contributed by atoms with Crippen LogP contribution in [0.1, 0.15) is 39.4 Å². The van der Waals surface area contributed by atoms with Crippen molar-refractivity contribution in [3.8, 4) is 0 Å². The van der Waals surface area contributed by atoms with Gasteiger partial charge in [-0.25, -0.2) is 4.79 Å². The molecule has 3 aliphatic heterocycles. The molecule has 3 heterocycles. The van der Waals surface area contributed by atoms with Crippen LogP contribution in [0.25, 0.3) is 0 Å². The predicted octanol–water partition coefficient (Wildman–Crippen LogP) is 3.13. The van der Waals surface area contributed by atoms with Crippen LogP contribution in [0.4, 0.5) is 4.79 Å². The molecule has 0 unspecified atom stereocenters. The van der Waals surface area contributed by atoms with Crippen LogP contribution in [0.15, 0.2) is 36.4 Å². The van der Waals surface area contributed by atoms with Crippen LogP contribution in [-0.2, 0) is 35.9 Å². The molecule has 0 aromatic heterocycles. The Bertz CT molecular complexity index is 848. The summed E-state index contributed by atoms with van der Waals surface area (Å²) in [7, 11) is 0. The van der Waals surface area contributed by atoms with Crippen molar-refractivity contribution in [2.24, 2.45) is 0 Å². The largest absolute Gasteiger partial charge is 0.465 e. The lowest BCUT2D eigenvalue weighted by atomic mass is 9.92. The molecule has 2 aromatic rings.